The highest BCUT2D eigenvalue weighted by Crippen LogP contribution is 2.12. The minimum atomic E-state index is -0.800. The second kappa shape index (κ2) is 7.71. The van der Waals surface area contributed by atoms with Crippen molar-refractivity contribution in [1.29, 1.82) is 0 Å². The van der Waals surface area contributed by atoms with Crippen molar-refractivity contribution in [2.75, 3.05) is 26.8 Å². The Bertz CT molecular complexity index is 822. The van der Waals surface area contributed by atoms with Crippen LogP contribution in [0.4, 0.5) is 0 Å². The molecule has 2 rings (SSSR count). The fourth-order valence-corrected chi connectivity index (χ4v) is 2.55. The van der Waals surface area contributed by atoms with Gasteiger partial charge in [0.25, 0.3) is 5.56 Å². The largest absolute Gasteiger partial charge is 0.395 e. The minimum Gasteiger partial charge on any atom is -0.395 e. The maximum absolute atomic E-state index is 12.5. The van der Waals surface area contributed by atoms with E-state index in [1.54, 1.807) is 4.57 Å². The van der Waals surface area contributed by atoms with Crippen LogP contribution in [-0.2, 0) is 32.0 Å². The van der Waals surface area contributed by atoms with Crippen LogP contribution in [0.3, 0.4) is 0 Å². The smallest absolute Gasteiger partial charge is 0.332 e. The molecule has 3 N–H and O–H groups in total. The van der Waals surface area contributed by atoms with Gasteiger partial charge in [-0.25, -0.2) is 9.78 Å². The Hall–Kier alpha value is -2.01. The first-order chi connectivity index (χ1) is 11.4. The number of hydrogen-bond acceptors (Lipinski definition) is 7. The van der Waals surface area contributed by atoms with Gasteiger partial charge in [0.1, 0.15) is 12.4 Å². The maximum Gasteiger partial charge on any atom is 0.332 e. The molecule has 1 atom stereocenters. The minimum absolute atomic E-state index is 0.0295. The number of methoxy groups -OCH3 is 1. The highest BCUT2D eigenvalue weighted by molar-refractivity contribution is 5.71. The van der Waals surface area contributed by atoms with Gasteiger partial charge in [-0.1, -0.05) is 0 Å². The van der Waals surface area contributed by atoms with Crippen molar-refractivity contribution in [3.63, 3.8) is 0 Å². The summed E-state index contributed by atoms with van der Waals surface area (Å²) in [5.74, 6) is 0.451. The Labute approximate surface area is 137 Å². The Morgan fingerprint density at radius 1 is 1.29 bits per heavy atom. The van der Waals surface area contributed by atoms with E-state index in [2.05, 4.69) is 10.3 Å². The molecule has 0 aliphatic rings. The summed E-state index contributed by atoms with van der Waals surface area (Å²) in [6.45, 7) is 0.837. The number of nitrogens with one attached hydrogen (secondary N) is 1. The number of aliphatic hydroxyl groups excluding tert-OH is 2. The second-order valence-electron chi connectivity index (χ2n) is 5.53. The molecule has 0 aromatic carbocycles. The van der Waals surface area contributed by atoms with Crippen LogP contribution in [0, 0.1) is 0 Å². The molecular weight excluding hydrogens is 318 g/mol. The molecule has 0 aliphatic heterocycles. The summed E-state index contributed by atoms with van der Waals surface area (Å²) in [7, 11) is 4.44. The quantitative estimate of drug-likeness (QED) is 0.454. The monoisotopic (exact) mass is 341 g/mol. The fourth-order valence-electron chi connectivity index (χ4n) is 2.55. The predicted molar refractivity (Wildman–Crippen MR) is 86.9 cm³/mol. The lowest BCUT2D eigenvalue weighted by atomic mass is 10.3. The van der Waals surface area contributed by atoms with Crippen molar-refractivity contribution >= 4 is 11.2 Å². The third-order valence-corrected chi connectivity index (χ3v) is 3.76. The van der Waals surface area contributed by atoms with Crippen LogP contribution in [0.5, 0.6) is 0 Å². The van der Waals surface area contributed by atoms with Crippen LogP contribution < -0.4 is 16.6 Å². The van der Waals surface area contributed by atoms with Gasteiger partial charge < -0.3 is 24.8 Å². The van der Waals surface area contributed by atoms with Crippen LogP contribution in [0.2, 0.25) is 0 Å². The Kier molecular flexibility index (Phi) is 5.89. The van der Waals surface area contributed by atoms with E-state index in [1.165, 1.54) is 25.8 Å². The van der Waals surface area contributed by atoms with E-state index in [1.807, 2.05) is 0 Å². The van der Waals surface area contributed by atoms with E-state index in [0.29, 0.717) is 12.4 Å². The number of nitrogens with zero attached hydrogens (tertiary/aromatic N) is 4. The summed E-state index contributed by atoms with van der Waals surface area (Å²) in [5.41, 5.74) is -0.441. The van der Waals surface area contributed by atoms with E-state index in [0.717, 1.165) is 4.57 Å². The molecule has 10 heteroatoms. The molecule has 0 bridgehead atoms. The summed E-state index contributed by atoms with van der Waals surface area (Å²) in [5, 5.41) is 21.8. The van der Waals surface area contributed by atoms with Gasteiger partial charge in [0.05, 0.1) is 19.3 Å². The molecule has 0 saturated heterocycles. The molecule has 2 aromatic rings. The van der Waals surface area contributed by atoms with Gasteiger partial charge in [-0.05, 0) is 0 Å². The van der Waals surface area contributed by atoms with Crippen molar-refractivity contribution in [1.82, 2.24) is 24.0 Å². The molecule has 0 amide bonds. The zero-order valence-electron chi connectivity index (χ0n) is 14.0. The molecular formula is C14H23N5O5. The summed E-state index contributed by atoms with van der Waals surface area (Å²) < 4.78 is 8.99. The number of fused-ring (bicyclic) bond motifs is 1. The standard InChI is InChI=1S/C14H23N5O5/c1-17-12-11(13(22)18(2)14(17)23)19(10(16-12)8-24-3)7-9(21)6-15-4-5-20/h9,15,20-21H,4-8H2,1-3H3/t9-/m1/s1. The molecule has 0 unspecified atom stereocenters. The number of rotatable bonds is 8. The number of imidazole rings is 1. The molecule has 134 valence electrons. The summed E-state index contributed by atoms with van der Waals surface area (Å²) in [6.07, 6.45) is -0.800. The lowest BCUT2D eigenvalue weighted by Gasteiger charge is -2.15. The van der Waals surface area contributed by atoms with E-state index >= 15 is 0 Å². The van der Waals surface area contributed by atoms with Crippen molar-refractivity contribution < 1.29 is 14.9 Å². The molecule has 0 fully saturated rings. The Morgan fingerprint density at radius 3 is 2.62 bits per heavy atom. The average molecular weight is 341 g/mol. The Morgan fingerprint density at radius 2 is 2.00 bits per heavy atom. The van der Waals surface area contributed by atoms with Gasteiger partial charge in [0, 0.05) is 34.3 Å². The fraction of sp³-hybridized carbons (Fsp3) is 0.643. The van der Waals surface area contributed by atoms with Gasteiger partial charge in [-0.3, -0.25) is 13.9 Å². The maximum atomic E-state index is 12.5. The first-order valence-electron chi connectivity index (χ1n) is 7.56. The van der Waals surface area contributed by atoms with Gasteiger partial charge in [-0.15, -0.1) is 0 Å². The van der Waals surface area contributed by atoms with E-state index in [4.69, 9.17) is 9.84 Å². The molecule has 24 heavy (non-hydrogen) atoms. The first kappa shape index (κ1) is 18.3. The zero-order valence-corrected chi connectivity index (χ0v) is 14.0. The zero-order chi connectivity index (χ0) is 17.9. The van der Waals surface area contributed by atoms with Crippen LogP contribution in [0.15, 0.2) is 9.59 Å². The van der Waals surface area contributed by atoms with Gasteiger partial charge in [-0.2, -0.15) is 0 Å². The summed E-state index contributed by atoms with van der Waals surface area (Å²) in [6, 6.07) is 0. The highest BCUT2D eigenvalue weighted by Gasteiger charge is 2.20. The van der Waals surface area contributed by atoms with Crippen LogP contribution in [-0.4, -0.2) is 61.8 Å². The SMILES string of the molecule is COCc1nc2c(c(=O)n(C)c(=O)n2C)n1C[C@H](O)CNCCO. The number of aliphatic hydroxyl groups is 2. The number of aromatic nitrogens is 4. The van der Waals surface area contributed by atoms with Gasteiger partial charge in [0.2, 0.25) is 0 Å². The molecule has 0 aliphatic carbocycles. The normalized spacial score (nSPS) is 12.9. The second-order valence-corrected chi connectivity index (χ2v) is 5.53. The highest BCUT2D eigenvalue weighted by atomic mass is 16.5. The van der Waals surface area contributed by atoms with E-state index in [9.17, 15) is 14.7 Å². The molecule has 10 nitrogen and oxygen atoms in total. The lowest BCUT2D eigenvalue weighted by Crippen LogP contribution is -2.38. The van der Waals surface area contributed by atoms with Crippen molar-refractivity contribution in [2.24, 2.45) is 14.1 Å². The number of aryl methyl sites for hydroxylation is 1. The molecule has 2 heterocycles. The summed E-state index contributed by atoms with van der Waals surface area (Å²) >= 11 is 0. The third kappa shape index (κ3) is 3.41. The van der Waals surface area contributed by atoms with Crippen LogP contribution in [0.25, 0.3) is 11.2 Å². The lowest BCUT2D eigenvalue weighted by molar-refractivity contribution is 0.140. The van der Waals surface area contributed by atoms with Crippen molar-refractivity contribution in [2.45, 2.75) is 19.3 Å². The van der Waals surface area contributed by atoms with Crippen molar-refractivity contribution in [3.05, 3.63) is 26.7 Å². The van der Waals surface area contributed by atoms with Gasteiger partial charge >= 0.3 is 5.69 Å². The molecule has 0 spiro atoms. The Balaban J connectivity index is 2.52. The van der Waals surface area contributed by atoms with Gasteiger partial charge in [0.15, 0.2) is 11.2 Å². The first-order valence-corrected chi connectivity index (χ1v) is 7.56. The van der Waals surface area contributed by atoms with E-state index in [-0.39, 0.29) is 37.5 Å². The average Bonchev–Trinajstić information content (AvgIpc) is 2.90. The molecule has 0 saturated carbocycles. The van der Waals surface area contributed by atoms with E-state index < -0.39 is 17.4 Å². The topological polar surface area (TPSA) is 124 Å². The van der Waals surface area contributed by atoms with Crippen LogP contribution >= 0.6 is 0 Å². The van der Waals surface area contributed by atoms with Crippen molar-refractivity contribution in [3.8, 4) is 0 Å². The van der Waals surface area contributed by atoms with Crippen LogP contribution in [0.1, 0.15) is 5.82 Å². The number of hydrogen-bond donors (Lipinski definition) is 3. The molecule has 2 aromatic heterocycles. The molecule has 0 radical (unpaired) electrons. The third-order valence-electron chi connectivity index (χ3n) is 3.76. The number of ether oxygens (including phenoxy) is 1. The predicted octanol–water partition coefficient (Wildman–Crippen LogP) is -2.48. The summed E-state index contributed by atoms with van der Waals surface area (Å²) in [4.78, 5) is 28.9.